The van der Waals surface area contributed by atoms with Gasteiger partial charge in [-0.25, -0.2) is 4.98 Å². The first kappa shape index (κ1) is 18.0. The Morgan fingerprint density at radius 2 is 2.04 bits per heavy atom. The monoisotopic (exact) mass is 397 g/mol. The summed E-state index contributed by atoms with van der Waals surface area (Å²) < 4.78 is 17.8. The van der Waals surface area contributed by atoms with Crippen LogP contribution >= 0.6 is 11.8 Å². The highest BCUT2D eigenvalue weighted by Gasteiger charge is 2.43. The minimum absolute atomic E-state index is 0.270. The highest BCUT2D eigenvalue weighted by Crippen LogP contribution is 2.39. The summed E-state index contributed by atoms with van der Waals surface area (Å²) in [6.45, 7) is 2.01. The first-order valence-electron chi connectivity index (χ1n) is 9.71. The number of aromatic amines is 1. The quantitative estimate of drug-likeness (QED) is 0.630. The first-order chi connectivity index (χ1) is 13.8. The number of thioether (sulfide) groups is 1. The van der Waals surface area contributed by atoms with E-state index in [-0.39, 0.29) is 11.7 Å². The molecular weight excluding hydrogens is 374 g/mol. The number of hydrogen-bond donors (Lipinski definition) is 1. The molecule has 1 spiro atoms. The predicted molar refractivity (Wildman–Crippen MR) is 107 cm³/mol. The normalized spacial score (nSPS) is 19.0. The van der Waals surface area contributed by atoms with Crippen LogP contribution in [-0.2, 0) is 15.2 Å². The van der Waals surface area contributed by atoms with Gasteiger partial charge in [0.2, 0.25) is 0 Å². The lowest BCUT2D eigenvalue weighted by atomic mass is 9.90. The highest BCUT2D eigenvalue weighted by atomic mass is 32.2. The van der Waals surface area contributed by atoms with Crippen LogP contribution in [0.15, 0.2) is 47.8 Å². The van der Waals surface area contributed by atoms with Crippen molar-refractivity contribution >= 4 is 22.8 Å². The summed E-state index contributed by atoms with van der Waals surface area (Å²) in [4.78, 5) is 12.4. The van der Waals surface area contributed by atoms with E-state index in [1.165, 1.54) is 6.42 Å². The number of imidazole rings is 1. The van der Waals surface area contributed by atoms with E-state index >= 15 is 0 Å². The van der Waals surface area contributed by atoms with Crippen LogP contribution in [0.5, 0.6) is 5.75 Å². The predicted octanol–water partition coefficient (Wildman–Crippen LogP) is 4.17. The van der Waals surface area contributed by atoms with E-state index in [0.29, 0.717) is 19.8 Å². The minimum Gasteiger partial charge on any atom is -0.493 e. The first-order valence-corrected chi connectivity index (χ1v) is 10.7. The molecule has 6 nitrogen and oxygen atoms in total. The smallest absolute Gasteiger partial charge is 0.168 e. The van der Waals surface area contributed by atoms with Gasteiger partial charge in [-0.15, -0.1) is 0 Å². The Bertz CT molecular complexity index is 914. The largest absolute Gasteiger partial charge is 0.493 e. The highest BCUT2D eigenvalue weighted by molar-refractivity contribution is 7.98. The Kier molecular flexibility index (Phi) is 4.96. The molecule has 0 bridgehead atoms. The number of pyridine rings is 1. The molecule has 1 aromatic carbocycles. The SMILES string of the molecule is c1ccc2[nH]c(SCc3cc(OCC4COC5(CCC5)OC4)ccn3)nc2c1. The molecule has 0 radical (unpaired) electrons. The van der Waals surface area contributed by atoms with Gasteiger partial charge in [-0.1, -0.05) is 23.9 Å². The zero-order valence-electron chi connectivity index (χ0n) is 15.6. The van der Waals surface area contributed by atoms with Crippen molar-refractivity contribution in [3.63, 3.8) is 0 Å². The summed E-state index contributed by atoms with van der Waals surface area (Å²) in [6.07, 6.45) is 5.04. The number of H-pyrrole nitrogens is 1. The third kappa shape index (κ3) is 3.87. The molecule has 1 aliphatic heterocycles. The molecule has 1 aliphatic carbocycles. The van der Waals surface area contributed by atoms with Gasteiger partial charge in [0.05, 0.1) is 36.5 Å². The fourth-order valence-corrected chi connectivity index (χ4v) is 4.25. The number of fused-ring (bicyclic) bond motifs is 1. The molecule has 2 aromatic heterocycles. The number of benzene rings is 1. The standard InChI is InChI=1S/C21H23N3O3S/c1-2-5-19-18(4-1)23-20(24-19)28-14-16-10-17(6-9-22-16)25-11-15-12-26-21(27-13-15)7-3-8-21/h1-2,4-6,9-10,15H,3,7-8,11-14H2,(H,23,24). The van der Waals surface area contributed by atoms with Gasteiger partial charge in [0.25, 0.3) is 0 Å². The average molecular weight is 398 g/mol. The molecule has 1 saturated heterocycles. The van der Waals surface area contributed by atoms with Crippen LogP contribution in [0.3, 0.4) is 0 Å². The Morgan fingerprint density at radius 1 is 1.18 bits per heavy atom. The lowest BCUT2D eigenvalue weighted by molar-refractivity contribution is -0.318. The van der Waals surface area contributed by atoms with E-state index in [2.05, 4.69) is 15.0 Å². The number of rotatable bonds is 6. The zero-order valence-corrected chi connectivity index (χ0v) is 16.4. The minimum atomic E-state index is -0.270. The van der Waals surface area contributed by atoms with E-state index in [1.807, 2.05) is 36.4 Å². The molecule has 3 aromatic rings. The van der Waals surface area contributed by atoms with Crippen LogP contribution in [0.25, 0.3) is 11.0 Å². The molecule has 5 rings (SSSR count). The molecule has 1 N–H and O–H groups in total. The van der Waals surface area contributed by atoms with Crippen molar-refractivity contribution in [2.75, 3.05) is 19.8 Å². The number of aromatic nitrogens is 3. The van der Waals surface area contributed by atoms with Gasteiger partial charge < -0.3 is 19.2 Å². The van der Waals surface area contributed by atoms with E-state index in [9.17, 15) is 0 Å². The van der Waals surface area contributed by atoms with E-state index in [0.717, 1.165) is 46.2 Å². The Hall–Kier alpha value is -2.09. The van der Waals surface area contributed by atoms with Gasteiger partial charge in [0.15, 0.2) is 10.9 Å². The van der Waals surface area contributed by atoms with Crippen LogP contribution in [-0.4, -0.2) is 40.6 Å². The van der Waals surface area contributed by atoms with Crippen molar-refractivity contribution in [2.24, 2.45) is 5.92 Å². The van der Waals surface area contributed by atoms with Crippen LogP contribution < -0.4 is 4.74 Å². The summed E-state index contributed by atoms with van der Waals surface area (Å²) in [5, 5.41) is 0.899. The summed E-state index contributed by atoms with van der Waals surface area (Å²) >= 11 is 1.64. The van der Waals surface area contributed by atoms with Gasteiger partial charge in [0.1, 0.15) is 5.75 Å². The number of nitrogens with one attached hydrogen (secondary N) is 1. The van der Waals surface area contributed by atoms with Crippen LogP contribution in [0, 0.1) is 5.92 Å². The van der Waals surface area contributed by atoms with Crippen molar-refractivity contribution in [1.29, 1.82) is 0 Å². The molecule has 2 fully saturated rings. The van der Waals surface area contributed by atoms with Crippen LogP contribution in [0.4, 0.5) is 0 Å². The van der Waals surface area contributed by atoms with Crippen LogP contribution in [0.1, 0.15) is 25.0 Å². The van der Waals surface area contributed by atoms with Gasteiger partial charge in [0, 0.05) is 36.8 Å². The maximum atomic E-state index is 5.97. The maximum absolute atomic E-state index is 5.97. The Morgan fingerprint density at radius 3 is 2.82 bits per heavy atom. The third-order valence-electron chi connectivity index (χ3n) is 5.28. The lowest BCUT2D eigenvalue weighted by Gasteiger charge is -2.45. The second-order valence-electron chi connectivity index (χ2n) is 7.39. The summed E-state index contributed by atoms with van der Waals surface area (Å²) in [5.74, 6) is 1.57. The van der Waals surface area contributed by atoms with Gasteiger partial charge in [-0.2, -0.15) is 0 Å². The molecule has 0 unspecified atom stereocenters. The molecule has 146 valence electrons. The van der Waals surface area contributed by atoms with Crippen molar-refractivity contribution in [3.05, 3.63) is 48.3 Å². The summed E-state index contributed by atoms with van der Waals surface area (Å²) in [6, 6.07) is 11.9. The Balaban J connectivity index is 1.14. The van der Waals surface area contributed by atoms with Crippen molar-refractivity contribution in [2.45, 2.75) is 36.0 Å². The lowest BCUT2D eigenvalue weighted by Crippen LogP contribution is -2.50. The molecule has 28 heavy (non-hydrogen) atoms. The fourth-order valence-electron chi connectivity index (χ4n) is 3.46. The van der Waals surface area contributed by atoms with Crippen LogP contribution in [0.2, 0.25) is 0 Å². The van der Waals surface area contributed by atoms with E-state index < -0.39 is 0 Å². The van der Waals surface area contributed by atoms with E-state index in [4.69, 9.17) is 14.2 Å². The van der Waals surface area contributed by atoms with Crippen molar-refractivity contribution in [3.8, 4) is 5.75 Å². The molecule has 0 amide bonds. The maximum Gasteiger partial charge on any atom is 0.168 e. The molecule has 7 heteroatoms. The second kappa shape index (κ2) is 7.73. The number of para-hydroxylation sites is 2. The number of ether oxygens (including phenoxy) is 3. The fraction of sp³-hybridized carbons (Fsp3) is 0.429. The van der Waals surface area contributed by atoms with Gasteiger partial charge >= 0.3 is 0 Å². The summed E-state index contributed by atoms with van der Waals surface area (Å²) in [5.41, 5.74) is 3.00. The number of nitrogens with zero attached hydrogens (tertiary/aromatic N) is 2. The Labute approximate surface area is 168 Å². The topological polar surface area (TPSA) is 69.3 Å². The molecule has 1 saturated carbocycles. The molecule has 0 atom stereocenters. The average Bonchev–Trinajstić information content (AvgIpc) is 3.13. The summed E-state index contributed by atoms with van der Waals surface area (Å²) in [7, 11) is 0. The molecule has 3 heterocycles. The number of hydrogen-bond acceptors (Lipinski definition) is 6. The van der Waals surface area contributed by atoms with Crippen molar-refractivity contribution < 1.29 is 14.2 Å². The molecule has 2 aliphatic rings. The molecular formula is C21H23N3O3S. The zero-order chi connectivity index (χ0) is 18.8. The van der Waals surface area contributed by atoms with Crippen molar-refractivity contribution in [1.82, 2.24) is 15.0 Å². The third-order valence-corrected chi connectivity index (χ3v) is 6.18. The van der Waals surface area contributed by atoms with Gasteiger partial charge in [-0.3, -0.25) is 4.98 Å². The second-order valence-corrected chi connectivity index (χ2v) is 8.36. The van der Waals surface area contributed by atoms with E-state index in [1.54, 1.807) is 18.0 Å². The van der Waals surface area contributed by atoms with Gasteiger partial charge in [-0.05, 0) is 24.6 Å².